The van der Waals surface area contributed by atoms with Gasteiger partial charge in [0.2, 0.25) is 0 Å². The molecule has 0 aliphatic heterocycles. The Kier molecular flexibility index (Phi) is 3.90. The molecule has 0 bridgehead atoms. The van der Waals surface area contributed by atoms with Gasteiger partial charge in [-0.1, -0.05) is 19.1 Å². The van der Waals surface area contributed by atoms with E-state index in [1.54, 1.807) is 38.3 Å². The number of hydrogen-bond donors (Lipinski definition) is 2. The molecule has 2 N–H and O–H groups in total. The van der Waals surface area contributed by atoms with Crippen LogP contribution in [0.15, 0.2) is 24.3 Å². The van der Waals surface area contributed by atoms with E-state index >= 15 is 0 Å². The first-order chi connectivity index (χ1) is 7.51. The summed E-state index contributed by atoms with van der Waals surface area (Å²) in [5.41, 5.74) is 0.0381. The van der Waals surface area contributed by atoms with E-state index in [0.29, 0.717) is 5.75 Å². The highest BCUT2D eigenvalue weighted by Crippen LogP contribution is 2.28. The number of carboxylic acids is 1. The van der Waals surface area contributed by atoms with Crippen molar-refractivity contribution >= 4 is 5.97 Å². The summed E-state index contributed by atoms with van der Waals surface area (Å²) in [4.78, 5) is 10.7. The minimum atomic E-state index is -0.924. The zero-order valence-corrected chi connectivity index (χ0v) is 9.43. The van der Waals surface area contributed by atoms with E-state index < -0.39 is 11.4 Å². The van der Waals surface area contributed by atoms with E-state index in [0.717, 1.165) is 5.56 Å². The first-order valence-electron chi connectivity index (χ1n) is 4.99. The van der Waals surface area contributed by atoms with E-state index in [-0.39, 0.29) is 13.0 Å². The molecule has 0 amide bonds. The Morgan fingerprint density at radius 3 is 2.31 bits per heavy atom. The van der Waals surface area contributed by atoms with E-state index in [2.05, 4.69) is 0 Å². The number of hydrogen-bond acceptors (Lipinski definition) is 3. The van der Waals surface area contributed by atoms with Gasteiger partial charge in [-0.25, -0.2) is 0 Å². The molecule has 0 aliphatic carbocycles. The van der Waals surface area contributed by atoms with Gasteiger partial charge in [-0.15, -0.1) is 0 Å². The molecular weight excluding hydrogens is 208 g/mol. The lowest BCUT2D eigenvalue weighted by molar-refractivity contribution is -0.138. The van der Waals surface area contributed by atoms with E-state index in [9.17, 15) is 9.90 Å². The number of aliphatic hydroxyl groups is 1. The van der Waals surface area contributed by atoms with Crippen LogP contribution in [0.25, 0.3) is 0 Å². The predicted octanol–water partition coefficient (Wildman–Crippen LogP) is 1.42. The largest absolute Gasteiger partial charge is 0.497 e. The van der Waals surface area contributed by atoms with Gasteiger partial charge in [0.05, 0.1) is 20.1 Å². The lowest BCUT2D eigenvalue weighted by Crippen LogP contribution is -2.29. The minimum absolute atomic E-state index is 0.101. The van der Waals surface area contributed by atoms with Crippen LogP contribution in [0, 0.1) is 0 Å². The van der Waals surface area contributed by atoms with Crippen molar-refractivity contribution in [1.29, 1.82) is 0 Å². The van der Waals surface area contributed by atoms with Gasteiger partial charge in [-0.05, 0) is 17.7 Å². The highest BCUT2D eigenvalue weighted by Gasteiger charge is 2.28. The number of aliphatic carboxylic acids is 1. The summed E-state index contributed by atoms with van der Waals surface area (Å²) in [6.07, 6.45) is -0.101. The van der Waals surface area contributed by atoms with Crippen molar-refractivity contribution < 1.29 is 19.7 Å². The SMILES string of the molecule is COc1ccc(C(C)(CO)CC(=O)O)cc1. The van der Waals surface area contributed by atoms with Crippen molar-refractivity contribution in [3.05, 3.63) is 29.8 Å². The summed E-state index contributed by atoms with van der Waals surface area (Å²) in [5.74, 6) is -0.216. The molecule has 0 heterocycles. The second-order valence-corrected chi connectivity index (χ2v) is 4.02. The normalized spacial score (nSPS) is 14.2. The molecule has 88 valence electrons. The third-order valence-electron chi connectivity index (χ3n) is 2.68. The molecule has 0 radical (unpaired) electrons. The Balaban J connectivity index is 2.98. The fourth-order valence-electron chi connectivity index (χ4n) is 1.58. The second-order valence-electron chi connectivity index (χ2n) is 4.02. The maximum Gasteiger partial charge on any atom is 0.304 e. The Labute approximate surface area is 94.5 Å². The molecule has 0 aromatic heterocycles. The summed E-state index contributed by atoms with van der Waals surface area (Å²) in [5, 5.41) is 18.1. The lowest BCUT2D eigenvalue weighted by atomic mass is 9.80. The maximum atomic E-state index is 10.7. The third kappa shape index (κ3) is 2.73. The molecule has 0 saturated carbocycles. The van der Waals surface area contributed by atoms with Crippen LogP contribution in [-0.2, 0) is 10.2 Å². The van der Waals surface area contributed by atoms with Gasteiger partial charge in [0, 0.05) is 5.41 Å². The highest BCUT2D eigenvalue weighted by molar-refractivity contribution is 5.69. The summed E-state index contributed by atoms with van der Waals surface area (Å²) < 4.78 is 5.02. The van der Waals surface area contributed by atoms with Crippen molar-refractivity contribution in [3.8, 4) is 5.75 Å². The number of ether oxygens (including phenoxy) is 1. The monoisotopic (exact) mass is 224 g/mol. The molecule has 1 unspecified atom stereocenters. The van der Waals surface area contributed by atoms with Crippen LogP contribution < -0.4 is 4.74 Å². The minimum Gasteiger partial charge on any atom is -0.497 e. The van der Waals surface area contributed by atoms with Gasteiger partial charge in [-0.2, -0.15) is 0 Å². The Hall–Kier alpha value is -1.55. The van der Waals surface area contributed by atoms with Gasteiger partial charge in [0.25, 0.3) is 0 Å². The fourth-order valence-corrected chi connectivity index (χ4v) is 1.58. The molecule has 1 rings (SSSR count). The maximum absolute atomic E-state index is 10.7. The highest BCUT2D eigenvalue weighted by atomic mass is 16.5. The summed E-state index contributed by atoms with van der Waals surface area (Å²) in [6, 6.07) is 7.06. The Morgan fingerprint density at radius 1 is 1.38 bits per heavy atom. The van der Waals surface area contributed by atoms with Gasteiger partial charge in [-0.3, -0.25) is 4.79 Å². The van der Waals surface area contributed by atoms with Crippen molar-refractivity contribution in [2.75, 3.05) is 13.7 Å². The van der Waals surface area contributed by atoms with E-state index in [1.165, 1.54) is 0 Å². The molecule has 1 atom stereocenters. The van der Waals surface area contributed by atoms with Gasteiger partial charge in [0.1, 0.15) is 5.75 Å². The van der Waals surface area contributed by atoms with Gasteiger partial charge in [0.15, 0.2) is 0 Å². The van der Waals surface area contributed by atoms with E-state index in [1.807, 2.05) is 0 Å². The number of carboxylic acid groups (broad SMARTS) is 1. The van der Waals surface area contributed by atoms with Crippen LogP contribution in [0.2, 0.25) is 0 Å². The second kappa shape index (κ2) is 4.99. The fraction of sp³-hybridized carbons (Fsp3) is 0.417. The predicted molar refractivity (Wildman–Crippen MR) is 59.7 cm³/mol. The van der Waals surface area contributed by atoms with Crippen molar-refractivity contribution in [1.82, 2.24) is 0 Å². The van der Waals surface area contributed by atoms with Gasteiger partial charge < -0.3 is 14.9 Å². The standard InChI is InChI=1S/C12H16O4/c1-12(8-13,7-11(14)15)9-3-5-10(16-2)6-4-9/h3-6,13H,7-8H2,1-2H3,(H,14,15). The molecule has 0 spiro atoms. The average Bonchev–Trinajstić information content (AvgIpc) is 2.28. The molecule has 0 fully saturated rings. The van der Waals surface area contributed by atoms with Crippen LogP contribution in [0.3, 0.4) is 0 Å². The molecule has 4 heteroatoms. The molecule has 16 heavy (non-hydrogen) atoms. The summed E-state index contributed by atoms with van der Waals surface area (Å²) >= 11 is 0. The number of methoxy groups -OCH3 is 1. The molecule has 1 aromatic carbocycles. The quantitative estimate of drug-likeness (QED) is 0.793. The van der Waals surface area contributed by atoms with Crippen LogP contribution in [0.4, 0.5) is 0 Å². The van der Waals surface area contributed by atoms with Crippen LogP contribution in [-0.4, -0.2) is 29.9 Å². The van der Waals surface area contributed by atoms with Gasteiger partial charge >= 0.3 is 5.97 Å². The molecule has 1 aromatic rings. The Bertz CT molecular complexity index is 358. The number of aliphatic hydroxyl groups excluding tert-OH is 1. The first-order valence-corrected chi connectivity index (χ1v) is 4.99. The number of carbonyl (C=O) groups is 1. The number of rotatable bonds is 5. The lowest BCUT2D eigenvalue weighted by Gasteiger charge is -2.26. The van der Waals surface area contributed by atoms with Crippen LogP contribution >= 0.6 is 0 Å². The van der Waals surface area contributed by atoms with Crippen molar-refractivity contribution in [3.63, 3.8) is 0 Å². The number of benzene rings is 1. The summed E-state index contributed by atoms with van der Waals surface area (Å²) in [6.45, 7) is 1.52. The third-order valence-corrected chi connectivity index (χ3v) is 2.68. The topological polar surface area (TPSA) is 66.8 Å². The molecule has 0 saturated heterocycles. The van der Waals surface area contributed by atoms with Crippen LogP contribution in [0.5, 0.6) is 5.75 Å². The van der Waals surface area contributed by atoms with E-state index in [4.69, 9.17) is 9.84 Å². The summed E-state index contributed by atoms with van der Waals surface area (Å²) in [7, 11) is 1.57. The van der Waals surface area contributed by atoms with Crippen molar-refractivity contribution in [2.45, 2.75) is 18.8 Å². The zero-order valence-electron chi connectivity index (χ0n) is 9.43. The molecule has 4 nitrogen and oxygen atoms in total. The Morgan fingerprint density at radius 2 is 1.94 bits per heavy atom. The molecule has 0 aliphatic rings. The van der Waals surface area contributed by atoms with Crippen molar-refractivity contribution in [2.24, 2.45) is 0 Å². The smallest absolute Gasteiger partial charge is 0.304 e. The van der Waals surface area contributed by atoms with Crippen LogP contribution in [0.1, 0.15) is 18.9 Å². The first kappa shape index (κ1) is 12.5. The zero-order chi connectivity index (χ0) is 12.2. The molecular formula is C12H16O4. The average molecular weight is 224 g/mol.